The predicted molar refractivity (Wildman–Crippen MR) is 76.6 cm³/mol. The number of carbonyl (C=O) groups is 1. The minimum absolute atomic E-state index is 0.0317. The third-order valence-electron chi connectivity index (χ3n) is 3.04. The lowest BCUT2D eigenvalue weighted by Gasteiger charge is -2.24. The molecular formula is C13H14ClN3OS. The van der Waals surface area contributed by atoms with Crippen LogP contribution in [-0.4, -0.2) is 28.1 Å². The van der Waals surface area contributed by atoms with Crippen molar-refractivity contribution in [3.05, 3.63) is 44.9 Å². The van der Waals surface area contributed by atoms with Crippen molar-refractivity contribution in [1.29, 1.82) is 0 Å². The summed E-state index contributed by atoms with van der Waals surface area (Å²) in [6.45, 7) is 4.01. The van der Waals surface area contributed by atoms with Crippen LogP contribution >= 0.6 is 22.9 Å². The minimum Gasteiger partial charge on any atom is -0.333 e. The topological polar surface area (TPSA) is 46.1 Å². The van der Waals surface area contributed by atoms with E-state index in [0.717, 1.165) is 16.9 Å². The summed E-state index contributed by atoms with van der Waals surface area (Å²) in [5.74, 6) is -0.169. The number of halogens is 1. The van der Waals surface area contributed by atoms with Crippen LogP contribution in [0.2, 0.25) is 4.47 Å². The molecule has 1 aromatic heterocycles. The predicted octanol–water partition coefficient (Wildman–Crippen LogP) is 3.33. The van der Waals surface area contributed by atoms with Crippen molar-refractivity contribution in [2.24, 2.45) is 0 Å². The van der Waals surface area contributed by atoms with Gasteiger partial charge in [-0.3, -0.25) is 4.79 Å². The van der Waals surface area contributed by atoms with Crippen LogP contribution in [0.1, 0.15) is 33.9 Å². The summed E-state index contributed by atoms with van der Waals surface area (Å²) >= 11 is 6.79. The van der Waals surface area contributed by atoms with Crippen LogP contribution in [0, 0.1) is 6.92 Å². The highest BCUT2D eigenvalue weighted by Gasteiger charge is 2.22. The summed E-state index contributed by atoms with van der Waals surface area (Å²) in [6, 6.07) is 8.09. The summed E-state index contributed by atoms with van der Waals surface area (Å²) in [4.78, 5) is 13.9. The highest BCUT2D eigenvalue weighted by molar-refractivity contribution is 7.17. The standard InChI is InChI=1S/C13H14ClN3OS/c1-8-4-6-10(7-5-8)9(2)17(3)12(18)11-15-16-13(14)19-11/h4-7,9H,1-3H3. The van der Waals surface area contributed by atoms with E-state index in [0.29, 0.717) is 5.01 Å². The molecule has 0 fully saturated rings. The number of carbonyl (C=O) groups excluding carboxylic acids is 1. The Hall–Kier alpha value is -1.46. The molecule has 2 aromatic rings. The molecule has 19 heavy (non-hydrogen) atoms. The van der Waals surface area contributed by atoms with E-state index in [2.05, 4.69) is 10.2 Å². The Kier molecular flexibility index (Phi) is 4.17. The van der Waals surface area contributed by atoms with Crippen molar-refractivity contribution in [3.63, 3.8) is 0 Å². The van der Waals surface area contributed by atoms with Crippen LogP contribution in [0.5, 0.6) is 0 Å². The van der Waals surface area contributed by atoms with E-state index in [-0.39, 0.29) is 16.4 Å². The molecule has 0 saturated heterocycles. The first kappa shape index (κ1) is 14.0. The van der Waals surface area contributed by atoms with Crippen LogP contribution in [0.3, 0.4) is 0 Å². The maximum atomic E-state index is 12.2. The number of hydrogen-bond acceptors (Lipinski definition) is 4. The molecule has 0 saturated carbocycles. The molecule has 0 aliphatic rings. The second kappa shape index (κ2) is 5.67. The number of rotatable bonds is 3. The Balaban J connectivity index is 2.16. The van der Waals surface area contributed by atoms with Crippen molar-refractivity contribution in [3.8, 4) is 0 Å². The largest absolute Gasteiger partial charge is 0.333 e. The molecule has 2 rings (SSSR count). The van der Waals surface area contributed by atoms with Gasteiger partial charge in [-0.2, -0.15) is 0 Å². The van der Waals surface area contributed by atoms with Crippen LogP contribution in [0.4, 0.5) is 0 Å². The molecule has 100 valence electrons. The molecule has 1 heterocycles. The van der Waals surface area contributed by atoms with Gasteiger partial charge in [0.1, 0.15) is 0 Å². The third-order valence-corrected chi connectivity index (χ3v) is 4.05. The number of benzene rings is 1. The van der Waals surface area contributed by atoms with Gasteiger partial charge in [0, 0.05) is 7.05 Å². The number of aromatic nitrogens is 2. The summed E-state index contributed by atoms with van der Waals surface area (Å²) in [5.41, 5.74) is 2.28. The van der Waals surface area contributed by atoms with Gasteiger partial charge >= 0.3 is 0 Å². The fourth-order valence-corrected chi connectivity index (χ4v) is 2.50. The van der Waals surface area contributed by atoms with E-state index in [1.54, 1.807) is 11.9 Å². The first-order valence-corrected chi connectivity index (χ1v) is 7.01. The Morgan fingerprint density at radius 2 is 1.95 bits per heavy atom. The molecule has 1 unspecified atom stereocenters. The quantitative estimate of drug-likeness (QED) is 0.872. The summed E-state index contributed by atoms with van der Waals surface area (Å²) < 4.78 is 0.278. The Bertz CT molecular complexity index is 582. The van der Waals surface area contributed by atoms with Crippen molar-refractivity contribution >= 4 is 28.8 Å². The Labute approximate surface area is 121 Å². The van der Waals surface area contributed by atoms with E-state index >= 15 is 0 Å². The van der Waals surface area contributed by atoms with Gasteiger partial charge in [-0.15, -0.1) is 10.2 Å². The molecule has 0 spiro atoms. The molecule has 1 atom stereocenters. The van der Waals surface area contributed by atoms with Crippen molar-refractivity contribution in [2.45, 2.75) is 19.9 Å². The van der Waals surface area contributed by atoms with Gasteiger partial charge in [0.2, 0.25) is 9.47 Å². The lowest BCUT2D eigenvalue weighted by Crippen LogP contribution is -2.29. The van der Waals surface area contributed by atoms with E-state index in [1.807, 2.05) is 38.1 Å². The van der Waals surface area contributed by atoms with Gasteiger partial charge in [0.15, 0.2) is 0 Å². The van der Waals surface area contributed by atoms with Crippen molar-refractivity contribution < 1.29 is 4.79 Å². The SMILES string of the molecule is Cc1ccc(C(C)N(C)C(=O)c2nnc(Cl)s2)cc1. The van der Waals surface area contributed by atoms with Gasteiger partial charge < -0.3 is 4.90 Å². The molecule has 1 amide bonds. The highest BCUT2D eigenvalue weighted by atomic mass is 35.5. The summed E-state index contributed by atoms with van der Waals surface area (Å²) in [5, 5.41) is 7.73. The monoisotopic (exact) mass is 295 g/mol. The highest BCUT2D eigenvalue weighted by Crippen LogP contribution is 2.23. The molecule has 0 aliphatic heterocycles. The lowest BCUT2D eigenvalue weighted by atomic mass is 10.1. The van der Waals surface area contributed by atoms with Crippen LogP contribution in [0.25, 0.3) is 0 Å². The second-order valence-corrected chi connectivity index (χ2v) is 5.92. The zero-order valence-electron chi connectivity index (χ0n) is 10.9. The third kappa shape index (κ3) is 3.11. The molecule has 0 radical (unpaired) electrons. The number of aryl methyl sites for hydroxylation is 1. The normalized spacial score (nSPS) is 12.2. The molecule has 0 bridgehead atoms. The minimum atomic E-state index is -0.169. The van der Waals surface area contributed by atoms with Crippen LogP contribution in [-0.2, 0) is 0 Å². The maximum absolute atomic E-state index is 12.2. The van der Waals surface area contributed by atoms with E-state index in [1.165, 1.54) is 5.56 Å². The Morgan fingerprint density at radius 3 is 2.47 bits per heavy atom. The molecule has 4 nitrogen and oxygen atoms in total. The number of nitrogens with zero attached hydrogens (tertiary/aromatic N) is 3. The first-order valence-electron chi connectivity index (χ1n) is 5.81. The van der Waals surface area contributed by atoms with E-state index in [4.69, 9.17) is 11.6 Å². The second-order valence-electron chi connectivity index (χ2n) is 4.36. The number of hydrogen-bond donors (Lipinski definition) is 0. The average molecular weight is 296 g/mol. The van der Waals surface area contributed by atoms with Crippen LogP contribution < -0.4 is 0 Å². The molecular weight excluding hydrogens is 282 g/mol. The van der Waals surface area contributed by atoms with Gasteiger partial charge in [-0.1, -0.05) is 41.2 Å². The maximum Gasteiger partial charge on any atom is 0.285 e. The van der Waals surface area contributed by atoms with Gasteiger partial charge in [0.25, 0.3) is 5.91 Å². The smallest absolute Gasteiger partial charge is 0.285 e. The zero-order chi connectivity index (χ0) is 14.0. The first-order chi connectivity index (χ1) is 8.99. The van der Waals surface area contributed by atoms with Crippen LogP contribution in [0.15, 0.2) is 24.3 Å². The fraction of sp³-hybridized carbons (Fsp3) is 0.308. The fourth-order valence-electron chi connectivity index (χ4n) is 1.69. The van der Waals surface area contributed by atoms with E-state index < -0.39 is 0 Å². The van der Waals surface area contributed by atoms with Gasteiger partial charge in [-0.25, -0.2) is 0 Å². The zero-order valence-corrected chi connectivity index (χ0v) is 12.5. The van der Waals surface area contributed by atoms with E-state index in [9.17, 15) is 4.79 Å². The molecule has 1 aromatic carbocycles. The summed E-state index contributed by atoms with van der Waals surface area (Å²) in [6.07, 6.45) is 0. The summed E-state index contributed by atoms with van der Waals surface area (Å²) in [7, 11) is 1.75. The lowest BCUT2D eigenvalue weighted by molar-refractivity contribution is 0.0741. The average Bonchev–Trinajstić information content (AvgIpc) is 2.84. The van der Waals surface area contributed by atoms with Crippen molar-refractivity contribution in [2.75, 3.05) is 7.05 Å². The van der Waals surface area contributed by atoms with Gasteiger partial charge in [0.05, 0.1) is 6.04 Å². The van der Waals surface area contributed by atoms with Crippen molar-refractivity contribution in [1.82, 2.24) is 15.1 Å². The number of amides is 1. The molecule has 6 heteroatoms. The molecule has 0 aliphatic carbocycles. The Morgan fingerprint density at radius 1 is 1.32 bits per heavy atom. The molecule has 0 N–H and O–H groups in total. The van der Waals surface area contributed by atoms with Gasteiger partial charge in [-0.05, 0) is 31.0 Å².